The number of thiazole rings is 1. The van der Waals surface area contributed by atoms with Crippen LogP contribution in [-0.4, -0.2) is 22.0 Å². The molecule has 1 heterocycles. The van der Waals surface area contributed by atoms with Gasteiger partial charge in [-0.05, 0) is 17.7 Å². The second-order valence-corrected chi connectivity index (χ2v) is 4.77. The Kier molecular flexibility index (Phi) is 4.41. The Balaban J connectivity index is 2.17. The largest absolute Gasteiger partial charge is 0.481 e. The number of carbonyl (C=O) groups is 2. The van der Waals surface area contributed by atoms with E-state index in [0.29, 0.717) is 5.56 Å². The van der Waals surface area contributed by atoms with E-state index in [-0.39, 0.29) is 12.1 Å². The quantitative estimate of drug-likeness (QED) is 0.886. The fourth-order valence-corrected chi connectivity index (χ4v) is 2.21. The van der Waals surface area contributed by atoms with Gasteiger partial charge in [-0.2, -0.15) is 0 Å². The summed E-state index contributed by atoms with van der Waals surface area (Å²) in [4.78, 5) is 26.6. The molecule has 0 aliphatic heterocycles. The molecule has 2 aromatic rings. The normalized spacial score (nSPS) is 11.8. The molecule has 1 atom stereocenters. The summed E-state index contributed by atoms with van der Waals surface area (Å²) in [5.41, 5.74) is 2.27. The smallest absolute Gasteiger partial charge is 0.305 e. The highest BCUT2D eigenvalue weighted by molar-refractivity contribution is 7.07. The number of carboxylic acids is 1. The fourth-order valence-electron chi connectivity index (χ4n) is 1.68. The van der Waals surface area contributed by atoms with Crippen LogP contribution in [0.25, 0.3) is 0 Å². The first-order valence-corrected chi connectivity index (χ1v) is 6.67. The second kappa shape index (κ2) is 6.25. The van der Waals surface area contributed by atoms with Gasteiger partial charge in [0.25, 0.3) is 5.91 Å². The predicted molar refractivity (Wildman–Crippen MR) is 71.0 cm³/mol. The molecule has 0 saturated carbocycles. The summed E-state index contributed by atoms with van der Waals surface area (Å²) in [7, 11) is 0. The van der Waals surface area contributed by atoms with Crippen LogP contribution >= 0.6 is 11.3 Å². The van der Waals surface area contributed by atoms with Gasteiger partial charge in [0.1, 0.15) is 11.5 Å². The van der Waals surface area contributed by atoms with Gasteiger partial charge in [-0.15, -0.1) is 11.3 Å². The van der Waals surface area contributed by atoms with Crippen molar-refractivity contribution in [2.24, 2.45) is 0 Å². The van der Waals surface area contributed by atoms with E-state index < -0.39 is 23.7 Å². The van der Waals surface area contributed by atoms with Crippen molar-refractivity contribution in [2.75, 3.05) is 0 Å². The van der Waals surface area contributed by atoms with E-state index in [9.17, 15) is 14.0 Å². The van der Waals surface area contributed by atoms with Gasteiger partial charge in [0.05, 0.1) is 18.0 Å². The van der Waals surface area contributed by atoms with Gasteiger partial charge < -0.3 is 10.4 Å². The van der Waals surface area contributed by atoms with Crippen molar-refractivity contribution in [3.8, 4) is 0 Å². The first-order chi connectivity index (χ1) is 9.56. The van der Waals surface area contributed by atoms with Crippen LogP contribution in [0.5, 0.6) is 0 Å². The van der Waals surface area contributed by atoms with Crippen LogP contribution in [0.15, 0.2) is 35.2 Å². The van der Waals surface area contributed by atoms with Crippen molar-refractivity contribution in [3.05, 3.63) is 52.2 Å². The third kappa shape index (κ3) is 3.61. The molecule has 104 valence electrons. The van der Waals surface area contributed by atoms with Gasteiger partial charge in [-0.1, -0.05) is 12.1 Å². The molecule has 5 nitrogen and oxygen atoms in total. The minimum absolute atomic E-state index is 0.229. The van der Waals surface area contributed by atoms with E-state index in [0.717, 1.165) is 0 Å². The number of aliphatic carboxylic acids is 1. The maximum absolute atomic E-state index is 12.9. The van der Waals surface area contributed by atoms with Crippen molar-refractivity contribution in [1.82, 2.24) is 10.3 Å². The molecule has 1 amide bonds. The Morgan fingerprint density at radius 1 is 1.35 bits per heavy atom. The SMILES string of the molecule is O=C(O)CC(NC(=O)c1cscn1)c1ccc(F)cc1. The Morgan fingerprint density at radius 3 is 2.60 bits per heavy atom. The highest BCUT2D eigenvalue weighted by Gasteiger charge is 2.19. The number of nitrogens with zero attached hydrogens (tertiary/aromatic N) is 1. The monoisotopic (exact) mass is 294 g/mol. The zero-order chi connectivity index (χ0) is 14.5. The number of carboxylic acid groups (broad SMARTS) is 1. The van der Waals surface area contributed by atoms with E-state index in [2.05, 4.69) is 10.3 Å². The molecule has 2 N–H and O–H groups in total. The van der Waals surface area contributed by atoms with E-state index in [1.54, 1.807) is 5.38 Å². The molecule has 0 aliphatic carbocycles. The Morgan fingerprint density at radius 2 is 2.05 bits per heavy atom. The molecule has 0 fully saturated rings. The summed E-state index contributed by atoms with van der Waals surface area (Å²) in [6, 6.07) is 4.61. The lowest BCUT2D eigenvalue weighted by Gasteiger charge is -2.16. The van der Waals surface area contributed by atoms with Crippen LogP contribution < -0.4 is 5.32 Å². The van der Waals surface area contributed by atoms with E-state index >= 15 is 0 Å². The van der Waals surface area contributed by atoms with Crippen LogP contribution in [0.1, 0.15) is 28.5 Å². The van der Waals surface area contributed by atoms with Crippen LogP contribution in [0.4, 0.5) is 4.39 Å². The highest BCUT2D eigenvalue weighted by atomic mass is 32.1. The van der Waals surface area contributed by atoms with Crippen molar-refractivity contribution >= 4 is 23.2 Å². The molecule has 7 heteroatoms. The number of benzene rings is 1. The number of nitrogens with one attached hydrogen (secondary N) is 1. The Labute approximate surface area is 118 Å². The summed E-state index contributed by atoms with van der Waals surface area (Å²) < 4.78 is 12.9. The molecule has 1 aromatic heterocycles. The molecule has 20 heavy (non-hydrogen) atoms. The Hall–Kier alpha value is -2.28. The zero-order valence-electron chi connectivity index (χ0n) is 10.2. The van der Waals surface area contributed by atoms with Crippen LogP contribution in [0.2, 0.25) is 0 Å². The molecule has 2 rings (SSSR count). The van der Waals surface area contributed by atoms with Crippen LogP contribution in [0.3, 0.4) is 0 Å². The van der Waals surface area contributed by atoms with Gasteiger partial charge in [0.15, 0.2) is 0 Å². The third-order valence-corrected chi connectivity index (χ3v) is 3.21. The highest BCUT2D eigenvalue weighted by Crippen LogP contribution is 2.18. The number of aromatic nitrogens is 1. The molecule has 0 bridgehead atoms. The average Bonchev–Trinajstić information content (AvgIpc) is 2.92. The molecule has 0 spiro atoms. The summed E-state index contributed by atoms with van der Waals surface area (Å²) in [6.07, 6.45) is -0.290. The molecular weight excluding hydrogens is 283 g/mol. The molecule has 1 aromatic carbocycles. The van der Waals surface area contributed by atoms with E-state index in [1.807, 2.05) is 0 Å². The Bertz CT molecular complexity index is 599. The summed E-state index contributed by atoms with van der Waals surface area (Å²) >= 11 is 1.27. The topological polar surface area (TPSA) is 79.3 Å². The predicted octanol–water partition coefficient (Wildman–Crippen LogP) is 2.23. The fraction of sp³-hybridized carbons (Fsp3) is 0.154. The van der Waals surface area contributed by atoms with Gasteiger partial charge >= 0.3 is 5.97 Å². The van der Waals surface area contributed by atoms with Crippen molar-refractivity contribution in [3.63, 3.8) is 0 Å². The number of hydrogen-bond acceptors (Lipinski definition) is 4. The first kappa shape index (κ1) is 14.1. The molecule has 0 saturated heterocycles. The number of amides is 1. The first-order valence-electron chi connectivity index (χ1n) is 5.72. The third-order valence-electron chi connectivity index (χ3n) is 2.62. The minimum Gasteiger partial charge on any atom is -0.481 e. The van der Waals surface area contributed by atoms with Crippen LogP contribution in [0, 0.1) is 5.82 Å². The van der Waals surface area contributed by atoms with Crippen molar-refractivity contribution in [2.45, 2.75) is 12.5 Å². The lowest BCUT2D eigenvalue weighted by atomic mass is 10.0. The average molecular weight is 294 g/mol. The van der Waals surface area contributed by atoms with Crippen molar-refractivity contribution in [1.29, 1.82) is 0 Å². The lowest BCUT2D eigenvalue weighted by molar-refractivity contribution is -0.137. The zero-order valence-corrected chi connectivity index (χ0v) is 11.1. The summed E-state index contributed by atoms with van der Waals surface area (Å²) in [5, 5.41) is 13.1. The summed E-state index contributed by atoms with van der Waals surface area (Å²) in [6.45, 7) is 0. The standard InChI is InChI=1S/C13H11FN2O3S/c14-9-3-1-8(2-4-9)10(5-12(17)18)16-13(19)11-6-20-7-15-11/h1-4,6-7,10H,5H2,(H,16,19)(H,17,18). The second-order valence-electron chi connectivity index (χ2n) is 4.05. The molecule has 1 unspecified atom stereocenters. The maximum Gasteiger partial charge on any atom is 0.305 e. The maximum atomic E-state index is 12.9. The van der Waals surface area contributed by atoms with E-state index in [4.69, 9.17) is 5.11 Å². The summed E-state index contributed by atoms with van der Waals surface area (Å²) in [5.74, 6) is -1.94. The lowest BCUT2D eigenvalue weighted by Crippen LogP contribution is -2.30. The van der Waals surface area contributed by atoms with Crippen LogP contribution in [-0.2, 0) is 4.79 Å². The number of rotatable bonds is 5. The molecule has 0 radical (unpaired) electrons. The van der Waals surface area contributed by atoms with Gasteiger partial charge in [0.2, 0.25) is 0 Å². The van der Waals surface area contributed by atoms with E-state index in [1.165, 1.54) is 41.1 Å². The molecule has 0 aliphatic rings. The van der Waals surface area contributed by atoms with Crippen molar-refractivity contribution < 1.29 is 19.1 Å². The number of halogens is 1. The van der Waals surface area contributed by atoms with Gasteiger partial charge in [0, 0.05) is 5.38 Å². The number of hydrogen-bond donors (Lipinski definition) is 2. The minimum atomic E-state index is -1.06. The van der Waals surface area contributed by atoms with Gasteiger partial charge in [-0.25, -0.2) is 9.37 Å². The van der Waals surface area contributed by atoms with Gasteiger partial charge in [-0.3, -0.25) is 9.59 Å². The molecular formula is C13H11FN2O3S. The number of carbonyl (C=O) groups excluding carboxylic acids is 1.